The molecule has 0 aromatic carbocycles. The van der Waals surface area contributed by atoms with Crippen molar-refractivity contribution < 1.29 is 14.6 Å². The molecule has 1 aliphatic rings. The molecule has 1 fully saturated rings. The van der Waals surface area contributed by atoms with E-state index in [0.717, 1.165) is 37.3 Å². The van der Waals surface area contributed by atoms with Crippen LogP contribution in [0.3, 0.4) is 0 Å². The van der Waals surface area contributed by atoms with Crippen LogP contribution in [0.25, 0.3) is 0 Å². The Morgan fingerprint density at radius 3 is 2.67 bits per heavy atom. The van der Waals surface area contributed by atoms with E-state index in [-0.39, 0.29) is 0 Å². The summed E-state index contributed by atoms with van der Waals surface area (Å²) < 4.78 is 6.45. The summed E-state index contributed by atoms with van der Waals surface area (Å²) in [6, 6.07) is 3.49. The number of carbonyl (C=O) groups is 1. The highest BCUT2D eigenvalue weighted by Gasteiger charge is 2.26. The minimum atomic E-state index is -0.660. The molecule has 8 heteroatoms. The highest BCUT2D eigenvalue weighted by atomic mass is 16.5. The van der Waals surface area contributed by atoms with E-state index in [1.807, 2.05) is 20.0 Å². The quantitative estimate of drug-likeness (QED) is 0.766. The molecule has 2 aromatic heterocycles. The van der Waals surface area contributed by atoms with Crippen LogP contribution in [0.1, 0.15) is 54.4 Å². The van der Waals surface area contributed by atoms with Gasteiger partial charge in [-0.25, -0.2) is 9.48 Å². The molecule has 3 heterocycles. The molecule has 0 bridgehead atoms. The number of carbonyl (C=O) groups excluding carboxylic acids is 1. The Morgan fingerprint density at radius 1 is 1.33 bits per heavy atom. The molecule has 0 spiro atoms. The average molecular weight is 373 g/mol. The SMILES string of the molecule is COC(=O)c1ccc(Cn2cc(C3CCN(CC(C)(C)O)CC3)nn2)nc1. The topological polar surface area (TPSA) is 93.4 Å². The van der Waals surface area contributed by atoms with Gasteiger partial charge in [-0.3, -0.25) is 4.98 Å². The Hall–Kier alpha value is -2.32. The highest BCUT2D eigenvalue weighted by Crippen LogP contribution is 2.27. The zero-order chi connectivity index (χ0) is 19.4. The maximum absolute atomic E-state index is 11.5. The van der Waals surface area contributed by atoms with E-state index in [4.69, 9.17) is 0 Å². The summed E-state index contributed by atoms with van der Waals surface area (Å²) in [6.07, 6.45) is 5.52. The predicted octanol–water partition coefficient (Wildman–Crippen LogP) is 1.46. The lowest BCUT2D eigenvalue weighted by atomic mass is 9.93. The van der Waals surface area contributed by atoms with Gasteiger partial charge in [0.05, 0.1) is 36.2 Å². The van der Waals surface area contributed by atoms with Crippen LogP contribution < -0.4 is 0 Å². The van der Waals surface area contributed by atoms with Crippen molar-refractivity contribution in [2.45, 2.75) is 44.8 Å². The number of hydrogen-bond acceptors (Lipinski definition) is 7. The minimum Gasteiger partial charge on any atom is -0.465 e. The molecular weight excluding hydrogens is 346 g/mol. The Kier molecular flexibility index (Phi) is 5.86. The van der Waals surface area contributed by atoms with Crippen LogP contribution in [-0.4, -0.2) is 68.3 Å². The van der Waals surface area contributed by atoms with Crippen molar-refractivity contribution >= 4 is 5.97 Å². The maximum Gasteiger partial charge on any atom is 0.339 e. The van der Waals surface area contributed by atoms with Gasteiger partial charge in [-0.1, -0.05) is 5.21 Å². The molecule has 0 radical (unpaired) electrons. The maximum atomic E-state index is 11.5. The molecular formula is C19H27N5O3. The van der Waals surface area contributed by atoms with Crippen molar-refractivity contribution in [3.05, 3.63) is 41.5 Å². The standard InChI is InChI=1S/C19H27N5O3/c1-19(2,26)13-23-8-6-14(7-9-23)17-12-24(22-21-17)11-16-5-4-15(10-20-16)18(25)27-3/h4-5,10,12,14,26H,6-9,11,13H2,1-3H3. The van der Waals surface area contributed by atoms with Gasteiger partial charge in [0, 0.05) is 24.9 Å². The van der Waals surface area contributed by atoms with Gasteiger partial charge >= 0.3 is 5.97 Å². The van der Waals surface area contributed by atoms with Crippen LogP contribution >= 0.6 is 0 Å². The van der Waals surface area contributed by atoms with Crippen LogP contribution in [-0.2, 0) is 11.3 Å². The molecule has 8 nitrogen and oxygen atoms in total. The molecule has 3 rings (SSSR count). The molecule has 0 saturated carbocycles. The number of nitrogens with zero attached hydrogens (tertiary/aromatic N) is 5. The Labute approximate surface area is 159 Å². The summed E-state index contributed by atoms with van der Waals surface area (Å²) in [4.78, 5) is 18.0. The number of β-amino-alcohol motifs (C(OH)–C–C–N with tert-alkyl or cyclic N) is 1. The Morgan fingerprint density at radius 2 is 2.07 bits per heavy atom. The largest absolute Gasteiger partial charge is 0.465 e. The number of rotatable bonds is 6. The monoisotopic (exact) mass is 373 g/mol. The molecule has 1 aliphatic heterocycles. The molecule has 1 saturated heterocycles. The fraction of sp³-hybridized carbons (Fsp3) is 0.579. The third-order valence-corrected chi connectivity index (χ3v) is 4.74. The number of methoxy groups -OCH3 is 1. The van der Waals surface area contributed by atoms with Gasteiger partial charge in [0.2, 0.25) is 0 Å². The first-order chi connectivity index (χ1) is 12.8. The summed E-state index contributed by atoms with van der Waals surface area (Å²) in [7, 11) is 1.35. The summed E-state index contributed by atoms with van der Waals surface area (Å²) in [5.41, 5.74) is 1.58. The summed E-state index contributed by atoms with van der Waals surface area (Å²) in [6.45, 7) is 6.80. The van der Waals surface area contributed by atoms with Crippen molar-refractivity contribution in [2.75, 3.05) is 26.7 Å². The highest BCUT2D eigenvalue weighted by molar-refractivity contribution is 5.88. The van der Waals surface area contributed by atoms with Crippen molar-refractivity contribution in [3.63, 3.8) is 0 Å². The van der Waals surface area contributed by atoms with Gasteiger partial charge in [-0.15, -0.1) is 5.10 Å². The van der Waals surface area contributed by atoms with E-state index < -0.39 is 11.6 Å². The lowest BCUT2D eigenvalue weighted by Gasteiger charge is -2.34. The molecule has 0 unspecified atom stereocenters. The molecule has 0 amide bonds. The fourth-order valence-corrected chi connectivity index (χ4v) is 3.43. The third-order valence-electron chi connectivity index (χ3n) is 4.74. The number of ether oxygens (including phenoxy) is 1. The first kappa shape index (κ1) is 19.4. The lowest BCUT2D eigenvalue weighted by molar-refractivity contribution is 0.0280. The van der Waals surface area contributed by atoms with Crippen LogP contribution in [0.15, 0.2) is 24.5 Å². The second kappa shape index (κ2) is 8.14. The Balaban J connectivity index is 1.55. The van der Waals surface area contributed by atoms with E-state index in [0.29, 0.717) is 24.6 Å². The van der Waals surface area contributed by atoms with E-state index in [1.165, 1.54) is 13.3 Å². The predicted molar refractivity (Wildman–Crippen MR) is 99.4 cm³/mol. The zero-order valence-electron chi connectivity index (χ0n) is 16.1. The molecule has 0 aliphatic carbocycles. The summed E-state index contributed by atoms with van der Waals surface area (Å²) in [5, 5.41) is 18.5. The van der Waals surface area contributed by atoms with Crippen molar-refractivity contribution in [2.24, 2.45) is 0 Å². The number of likely N-dealkylation sites (tertiary alicyclic amines) is 1. The van der Waals surface area contributed by atoms with E-state index in [9.17, 15) is 9.90 Å². The molecule has 0 atom stereocenters. The van der Waals surface area contributed by atoms with Gasteiger partial charge in [0.25, 0.3) is 0 Å². The van der Waals surface area contributed by atoms with E-state index in [2.05, 4.69) is 24.9 Å². The van der Waals surface area contributed by atoms with Gasteiger partial charge in [-0.05, 0) is 51.9 Å². The first-order valence-electron chi connectivity index (χ1n) is 9.22. The van der Waals surface area contributed by atoms with E-state index >= 15 is 0 Å². The molecule has 27 heavy (non-hydrogen) atoms. The van der Waals surface area contributed by atoms with E-state index in [1.54, 1.807) is 16.8 Å². The van der Waals surface area contributed by atoms with Crippen LogP contribution in [0, 0.1) is 0 Å². The minimum absolute atomic E-state index is 0.395. The number of pyridine rings is 1. The average Bonchev–Trinajstić information content (AvgIpc) is 3.09. The van der Waals surface area contributed by atoms with Gasteiger partial charge in [0.1, 0.15) is 0 Å². The van der Waals surface area contributed by atoms with Gasteiger partial charge in [-0.2, -0.15) is 0 Å². The lowest BCUT2D eigenvalue weighted by Crippen LogP contribution is -2.42. The van der Waals surface area contributed by atoms with Crippen molar-refractivity contribution in [1.82, 2.24) is 24.9 Å². The normalized spacial score (nSPS) is 16.4. The summed E-state index contributed by atoms with van der Waals surface area (Å²) >= 11 is 0. The Bertz CT molecular complexity index is 758. The second-order valence-corrected chi connectivity index (χ2v) is 7.73. The van der Waals surface area contributed by atoms with Crippen molar-refractivity contribution in [3.8, 4) is 0 Å². The van der Waals surface area contributed by atoms with Gasteiger partial charge in [0.15, 0.2) is 0 Å². The first-order valence-corrected chi connectivity index (χ1v) is 9.22. The second-order valence-electron chi connectivity index (χ2n) is 7.73. The van der Waals surface area contributed by atoms with Crippen LogP contribution in [0.5, 0.6) is 0 Å². The zero-order valence-corrected chi connectivity index (χ0v) is 16.1. The third kappa shape index (κ3) is 5.33. The number of aromatic nitrogens is 4. The van der Waals surface area contributed by atoms with Crippen molar-refractivity contribution in [1.29, 1.82) is 0 Å². The van der Waals surface area contributed by atoms with Crippen LogP contribution in [0.4, 0.5) is 0 Å². The number of esters is 1. The summed E-state index contributed by atoms with van der Waals surface area (Å²) in [5.74, 6) is -0.000477. The molecule has 146 valence electrons. The number of aliphatic hydroxyl groups is 1. The van der Waals surface area contributed by atoms with Crippen LogP contribution in [0.2, 0.25) is 0 Å². The smallest absolute Gasteiger partial charge is 0.339 e. The fourth-order valence-electron chi connectivity index (χ4n) is 3.43. The number of hydrogen-bond donors (Lipinski definition) is 1. The number of piperidine rings is 1. The molecule has 2 aromatic rings. The molecule has 1 N–H and O–H groups in total. The van der Waals surface area contributed by atoms with Gasteiger partial charge < -0.3 is 14.7 Å².